The molecule has 0 aromatic carbocycles. The molecule has 6 heteroatoms. The summed E-state index contributed by atoms with van der Waals surface area (Å²) in [4.78, 5) is 4.11. The van der Waals surface area contributed by atoms with Crippen LogP contribution in [-0.2, 0) is 0 Å². The van der Waals surface area contributed by atoms with Gasteiger partial charge in [-0.05, 0) is 37.7 Å². The lowest BCUT2D eigenvalue weighted by Crippen LogP contribution is -2.23. The summed E-state index contributed by atoms with van der Waals surface area (Å²) < 4.78 is 0. The zero-order valence-corrected chi connectivity index (χ0v) is 12.1. The molecule has 0 radical (unpaired) electrons. The molecule has 2 N–H and O–H groups in total. The molecule has 0 saturated heterocycles. The Hall–Kier alpha value is -0.220. The minimum Gasteiger partial charge on any atom is -0.393 e. The van der Waals surface area contributed by atoms with Crippen LogP contribution in [0.3, 0.4) is 0 Å². The lowest BCUT2D eigenvalue weighted by Gasteiger charge is -2.25. The van der Waals surface area contributed by atoms with Crippen molar-refractivity contribution in [3.63, 3.8) is 0 Å². The summed E-state index contributed by atoms with van der Waals surface area (Å²) in [5.74, 6) is 1.11. The second-order valence-electron chi connectivity index (χ2n) is 4.65. The number of aliphatic hydroxyl groups is 1. The maximum atomic E-state index is 9.44. The third-order valence-electron chi connectivity index (χ3n) is 3.26. The summed E-state index contributed by atoms with van der Waals surface area (Å²) >= 11 is 17.7. The highest BCUT2D eigenvalue weighted by atomic mass is 35.5. The van der Waals surface area contributed by atoms with Gasteiger partial charge < -0.3 is 10.4 Å². The van der Waals surface area contributed by atoms with Gasteiger partial charge >= 0.3 is 0 Å². The summed E-state index contributed by atoms with van der Waals surface area (Å²) in [7, 11) is 0. The van der Waals surface area contributed by atoms with Crippen molar-refractivity contribution in [1.29, 1.82) is 0 Å². The molecule has 18 heavy (non-hydrogen) atoms. The maximum absolute atomic E-state index is 9.44. The van der Waals surface area contributed by atoms with Crippen molar-refractivity contribution < 1.29 is 5.11 Å². The molecule has 1 fully saturated rings. The molecule has 2 rings (SSSR count). The lowest BCUT2D eigenvalue weighted by molar-refractivity contribution is 0.111. The van der Waals surface area contributed by atoms with Crippen molar-refractivity contribution in [1.82, 2.24) is 4.98 Å². The fourth-order valence-corrected chi connectivity index (χ4v) is 2.72. The van der Waals surface area contributed by atoms with Crippen LogP contribution in [0.1, 0.15) is 25.7 Å². The Morgan fingerprint density at radius 3 is 2.50 bits per heavy atom. The van der Waals surface area contributed by atoms with Crippen LogP contribution in [0.5, 0.6) is 0 Å². The van der Waals surface area contributed by atoms with E-state index in [1.807, 2.05) is 0 Å². The van der Waals surface area contributed by atoms with Crippen molar-refractivity contribution in [3.05, 3.63) is 21.3 Å². The number of aromatic nitrogens is 1. The largest absolute Gasteiger partial charge is 0.393 e. The van der Waals surface area contributed by atoms with E-state index < -0.39 is 0 Å². The Morgan fingerprint density at radius 1 is 1.17 bits per heavy atom. The maximum Gasteiger partial charge on any atom is 0.150 e. The first-order chi connectivity index (χ1) is 8.56. The van der Waals surface area contributed by atoms with Gasteiger partial charge in [0.25, 0.3) is 0 Å². The zero-order valence-electron chi connectivity index (χ0n) is 9.80. The third kappa shape index (κ3) is 3.64. The van der Waals surface area contributed by atoms with E-state index >= 15 is 0 Å². The molecular weight excluding hydrogens is 295 g/mol. The highest BCUT2D eigenvalue weighted by Crippen LogP contribution is 2.30. The fourth-order valence-electron chi connectivity index (χ4n) is 2.16. The minimum absolute atomic E-state index is 0.132. The van der Waals surface area contributed by atoms with Crippen molar-refractivity contribution in [2.24, 2.45) is 5.92 Å². The topological polar surface area (TPSA) is 45.1 Å². The first kappa shape index (κ1) is 14.2. The van der Waals surface area contributed by atoms with Crippen molar-refractivity contribution >= 4 is 40.6 Å². The van der Waals surface area contributed by atoms with Gasteiger partial charge in [0.1, 0.15) is 11.0 Å². The molecule has 0 aliphatic heterocycles. The van der Waals surface area contributed by atoms with Crippen molar-refractivity contribution in [2.75, 3.05) is 11.9 Å². The molecule has 1 heterocycles. The van der Waals surface area contributed by atoms with Crippen molar-refractivity contribution in [2.45, 2.75) is 31.8 Å². The molecule has 1 aliphatic carbocycles. The molecule has 3 nitrogen and oxygen atoms in total. The number of anilines is 1. The molecule has 0 atom stereocenters. The smallest absolute Gasteiger partial charge is 0.150 e. The van der Waals surface area contributed by atoms with Crippen molar-refractivity contribution in [3.8, 4) is 0 Å². The summed E-state index contributed by atoms with van der Waals surface area (Å²) in [6.45, 7) is 0.789. The van der Waals surface area contributed by atoms with Crippen LogP contribution in [-0.4, -0.2) is 22.7 Å². The molecule has 1 saturated carbocycles. The van der Waals surface area contributed by atoms with Gasteiger partial charge in [-0.3, -0.25) is 0 Å². The number of nitrogens with one attached hydrogen (secondary N) is 1. The molecule has 100 valence electrons. The number of halogens is 3. The van der Waals surface area contributed by atoms with E-state index in [-0.39, 0.29) is 11.3 Å². The second kappa shape index (κ2) is 6.29. The number of rotatable bonds is 3. The SMILES string of the molecule is OC1CCC(CNc2nc(Cl)c(Cl)cc2Cl)CC1. The number of nitrogens with zero attached hydrogens (tertiary/aromatic N) is 1. The molecule has 1 aromatic heterocycles. The first-order valence-electron chi connectivity index (χ1n) is 5.99. The van der Waals surface area contributed by atoms with Gasteiger partial charge in [0.2, 0.25) is 0 Å². The van der Waals surface area contributed by atoms with Crippen LogP contribution in [0.25, 0.3) is 0 Å². The number of hydrogen-bond acceptors (Lipinski definition) is 3. The Bertz CT molecular complexity index is 420. The molecule has 1 aromatic rings. The van der Waals surface area contributed by atoms with Gasteiger partial charge in [-0.15, -0.1) is 0 Å². The van der Waals surface area contributed by atoms with Crippen LogP contribution < -0.4 is 5.32 Å². The summed E-state index contributed by atoms with van der Waals surface area (Å²) in [6.07, 6.45) is 3.65. The molecule has 0 bridgehead atoms. The highest BCUT2D eigenvalue weighted by Gasteiger charge is 2.19. The standard InChI is InChI=1S/C12H15Cl3N2O/c13-9-5-10(14)12(17-11(9)15)16-6-7-1-3-8(18)4-2-7/h5,7-8,18H,1-4,6H2,(H,16,17). The van der Waals surface area contributed by atoms with E-state index in [0.717, 1.165) is 32.2 Å². The van der Waals surface area contributed by atoms with E-state index in [4.69, 9.17) is 34.8 Å². The van der Waals surface area contributed by atoms with Gasteiger partial charge in [-0.1, -0.05) is 34.8 Å². The quantitative estimate of drug-likeness (QED) is 0.829. The Balaban J connectivity index is 1.92. The number of hydrogen-bond donors (Lipinski definition) is 2. The van der Waals surface area contributed by atoms with Gasteiger partial charge in [-0.2, -0.15) is 0 Å². The Labute approximate surface area is 121 Å². The van der Waals surface area contributed by atoms with E-state index in [9.17, 15) is 5.11 Å². The minimum atomic E-state index is -0.132. The van der Waals surface area contributed by atoms with E-state index in [0.29, 0.717) is 21.8 Å². The molecule has 1 aliphatic rings. The molecule has 0 spiro atoms. The fraction of sp³-hybridized carbons (Fsp3) is 0.583. The van der Waals surface area contributed by atoms with Crippen LogP contribution in [0.15, 0.2) is 6.07 Å². The zero-order chi connectivity index (χ0) is 13.1. The van der Waals surface area contributed by atoms with Crippen LogP contribution in [0.2, 0.25) is 15.2 Å². The van der Waals surface area contributed by atoms with E-state index in [1.54, 1.807) is 6.07 Å². The number of pyridine rings is 1. The lowest BCUT2D eigenvalue weighted by atomic mass is 9.87. The summed E-state index contributed by atoms with van der Waals surface area (Å²) in [5.41, 5.74) is 0. The van der Waals surface area contributed by atoms with Gasteiger partial charge in [0.15, 0.2) is 0 Å². The van der Waals surface area contributed by atoms with E-state index in [1.165, 1.54) is 0 Å². The highest BCUT2D eigenvalue weighted by molar-refractivity contribution is 6.42. The normalized spacial score (nSPS) is 24.0. The molecule has 0 amide bonds. The second-order valence-corrected chi connectivity index (χ2v) is 5.82. The van der Waals surface area contributed by atoms with E-state index in [2.05, 4.69) is 10.3 Å². The Morgan fingerprint density at radius 2 is 1.83 bits per heavy atom. The van der Waals surface area contributed by atoms with Crippen LogP contribution in [0, 0.1) is 5.92 Å². The Kier molecular flexibility index (Phi) is 4.96. The third-order valence-corrected chi connectivity index (χ3v) is 4.22. The monoisotopic (exact) mass is 308 g/mol. The van der Waals surface area contributed by atoms with Crippen LogP contribution >= 0.6 is 34.8 Å². The van der Waals surface area contributed by atoms with Crippen LogP contribution in [0.4, 0.5) is 5.82 Å². The first-order valence-corrected chi connectivity index (χ1v) is 7.13. The number of aliphatic hydroxyl groups excluding tert-OH is 1. The molecular formula is C12H15Cl3N2O. The van der Waals surface area contributed by atoms with Gasteiger partial charge in [-0.25, -0.2) is 4.98 Å². The predicted molar refractivity (Wildman–Crippen MR) is 75.7 cm³/mol. The van der Waals surface area contributed by atoms with Gasteiger partial charge in [0.05, 0.1) is 16.1 Å². The summed E-state index contributed by atoms with van der Waals surface area (Å²) in [5, 5.41) is 13.7. The average Bonchev–Trinajstić information content (AvgIpc) is 2.34. The predicted octanol–water partition coefficient (Wildman–Crippen LogP) is 4.00. The average molecular weight is 310 g/mol. The van der Waals surface area contributed by atoms with Gasteiger partial charge in [0, 0.05) is 6.54 Å². The molecule has 0 unspecified atom stereocenters. The summed E-state index contributed by atoms with van der Waals surface area (Å²) in [6, 6.07) is 1.59.